The molecule has 2 unspecified atom stereocenters. The first kappa shape index (κ1) is 11.7. The Labute approximate surface area is 98.5 Å². The van der Waals surface area contributed by atoms with E-state index in [1.807, 2.05) is 0 Å². The minimum absolute atomic E-state index is 0.314. The van der Waals surface area contributed by atoms with Crippen molar-refractivity contribution in [1.29, 1.82) is 0 Å². The molecule has 0 bridgehead atoms. The molecule has 2 atom stereocenters. The van der Waals surface area contributed by atoms with E-state index in [9.17, 15) is 0 Å². The molecule has 15 heavy (non-hydrogen) atoms. The number of rotatable bonds is 4. The maximum Gasteiger partial charge on any atom is 0.0687 e. The molecule has 0 radical (unpaired) electrons. The molecule has 88 valence electrons. The maximum atomic E-state index is 6.26. The summed E-state index contributed by atoms with van der Waals surface area (Å²) in [6.45, 7) is 2.23. The number of hydrogen-bond acceptors (Lipinski definition) is 1. The molecule has 1 heterocycles. The highest BCUT2D eigenvalue weighted by Crippen LogP contribution is 2.44. The summed E-state index contributed by atoms with van der Waals surface area (Å²) in [6.07, 6.45) is 11.0. The van der Waals surface area contributed by atoms with E-state index in [-0.39, 0.29) is 0 Å². The van der Waals surface area contributed by atoms with Gasteiger partial charge in [-0.25, -0.2) is 0 Å². The van der Waals surface area contributed by atoms with Gasteiger partial charge in [-0.1, -0.05) is 19.8 Å². The van der Waals surface area contributed by atoms with Crippen LogP contribution in [0.5, 0.6) is 0 Å². The number of ether oxygens (including phenoxy) is 1. The molecule has 1 saturated carbocycles. The van der Waals surface area contributed by atoms with Gasteiger partial charge in [-0.05, 0) is 44.4 Å². The summed E-state index contributed by atoms with van der Waals surface area (Å²) in [6, 6.07) is 0. The van der Waals surface area contributed by atoms with Gasteiger partial charge in [0.1, 0.15) is 0 Å². The van der Waals surface area contributed by atoms with E-state index in [0.717, 1.165) is 5.88 Å². The van der Waals surface area contributed by atoms with Crippen LogP contribution in [0.2, 0.25) is 0 Å². The van der Waals surface area contributed by atoms with Crippen LogP contribution in [0.25, 0.3) is 0 Å². The van der Waals surface area contributed by atoms with Crippen molar-refractivity contribution in [2.24, 2.45) is 5.92 Å². The van der Waals surface area contributed by atoms with Crippen molar-refractivity contribution < 1.29 is 4.74 Å². The van der Waals surface area contributed by atoms with Crippen LogP contribution in [-0.4, -0.2) is 17.6 Å². The third-order valence-electron chi connectivity index (χ3n) is 4.10. The fourth-order valence-electron chi connectivity index (χ4n) is 3.03. The Morgan fingerprint density at radius 2 is 2.07 bits per heavy atom. The molecule has 2 rings (SSSR count). The smallest absolute Gasteiger partial charge is 0.0687 e. The maximum absolute atomic E-state index is 6.26. The van der Waals surface area contributed by atoms with Crippen molar-refractivity contribution in [3.63, 3.8) is 0 Å². The van der Waals surface area contributed by atoms with Crippen molar-refractivity contribution in [3.05, 3.63) is 0 Å². The molecule has 0 N–H and O–H groups in total. The van der Waals surface area contributed by atoms with Gasteiger partial charge in [0, 0.05) is 5.88 Å². The lowest BCUT2D eigenvalue weighted by molar-refractivity contribution is -0.0402. The average Bonchev–Trinajstić information content (AvgIpc) is 2.86. The summed E-state index contributed by atoms with van der Waals surface area (Å²) < 4.78 is 6.26. The lowest BCUT2D eigenvalue weighted by Crippen LogP contribution is -2.25. The van der Waals surface area contributed by atoms with E-state index in [2.05, 4.69) is 6.92 Å². The summed E-state index contributed by atoms with van der Waals surface area (Å²) in [5.41, 5.74) is 0.314. The van der Waals surface area contributed by atoms with Crippen LogP contribution in [0.3, 0.4) is 0 Å². The molecular weight excluding hydrogens is 208 g/mol. The molecule has 1 saturated heterocycles. The Morgan fingerprint density at radius 1 is 1.33 bits per heavy atom. The second-order valence-electron chi connectivity index (χ2n) is 5.51. The topological polar surface area (TPSA) is 9.23 Å². The molecule has 0 aromatic rings. The molecule has 0 amide bonds. The Bertz CT molecular complexity index is 199. The Hall–Kier alpha value is 0.250. The first-order valence-corrected chi connectivity index (χ1v) is 7.01. The van der Waals surface area contributed by atoms with Crippen LogP contribution >= 0.6 is 11.6 Å². The van der Waals surface area contributed by atoms with Gasteiger partial charge in [-0.3, -0.25) is 0 Å². The molecule has 1 spiro atoms. The summed E-state index contributed by atoms with van der Waals surface area (Å²) in [5.74, 6) is 1.44. The van der Waals surface area contributed by atoms with Gasteiger partial charge < -0.3 is 4.74 Å². The molecule has 0 aromatic heterocycles. The minimum atomic E-state index is 0.314. The summed E-state index contributed by atoms with van der Waals surface area (Å²) >= 11 is 5.82. The van der Waals surface area contributed by atoms with Crippen molar-refractivity contribution in [1.82, 2.24) is 0 Å². The Kier molecular flexibility index (Phi) is 3.95. The normalized spacial score (nSPS) is 31.2. The highest BCUT2D eigenvalue weighted by atomic mass is 35.5. The number of halogens is 1. The molecule has 1 nitrogen and oxygen atoms in total. The van der Waals surface area contributed by atoms with E-state index in [1.165, 1.54) is 51.4 Å². The predicted octanol–water partition coefficient (Wildman–Crippen LogP) is 4.13. The first-order valence-electron chi connectivity index (χ1n) is 6.48. The molecule has 2 fully saturated rings. The molecule has 0 aromatic carbocycles. The highest BCUT2D eigenvalue weighted by Gasteiger charge is 2.41. The van der Waals surface area contributed by atoms with Crippen LogP contribution in [0.15, 0.2) is 0 Å². The van der Waals surface area contributed by atoms with Crippen LogP contribution in [0, 0.1) is 5.92 Å². The lowest BCUT2D eigenvalue weighted by Gasteiger charge is -2.24. The summed E-state index contributed by atoms with van der Waals surface area (Å²) in [4.78, 5) is 0. The fourth-order valence-corrected chi connectivity index (χ4v) is 3.19. The quantitative estimate of drug-likeness (QED) is 0.660. The molecule has 2 heteroatoms. The van der Waals surface area contributed by atoms with E-state index >= 15 is 0 Å². The number of alkyl halides is 1. The van der Waals surface area contributed by atoms with Crippen molar-refractivity contribution >= 4 is 11.6 Å². The third-order valence-corrected chi connectivity index (χ3v) is 4.63. The molecule has 1 aliphatic carbocycles. The van der Waals surface area contributed by atoms with E-state index in [1.54, 1.807) is 0 Å². The van der Waals surface area contributed by atoms with Gasteiger partial charge in [0.25, 0.3) is 0 Å². The largest absolute Gasteiger partial charge is 0.372 e. The monoisotopic (exact) mass is 230 g/mol. The zero-order chi connectivity index (χ0) is 10.7. The van der Waals surface area contributed by atoms with Crippen molar-refractivity contribution in [3.8, 4) is 0 Å². The lowest BCUT2D eigenvalue weighted by atomic mass is 9.97. The molecule has 1 aliphatic heterocycles. The Balaban J connectivity index is 1.73. The van der Waals surface area contributed by atoms with Gasteiger partial charge in [-0.2, -0.15) is 0 Å². The van der Waals surface area contributed by atoms with Gasteiger partial charge in [0.05, 0.1) is 11.7 Å². The minimum Gasteiger partial charge on any atom is -0.372 e. The van der Waals surface area contributed by atoms with E-state index in [0.29, 0.717) is 17.6 Å². The zero-order valence-electron chi connectivity index (χ0n) is 9.80. The van der Waals surface area contributed by atoms with Crippen LogP contribution in [-0.2, 0) is 4.74 Å². The summed E-state index contributed by atoms with van der Waals surface area (Å²) in [7, 11) is 0. The summed E-state index contributed by atoms with van der Waals surface area (Å²) in [5, 5.41) is 0. The van der Waals surface area contributed by atoms with Gasteiger partial charge in [-0.15, -0.1) is 11.6 Å². The number of hydrogen-bond donors (Lipinski definition) is 0. The van der Waals surface area contributed by atoms with Crippen molar-refractivity contribution in [2.45, 2.75) is 70.0 Å². The van der Waals surface area contributed by atoms with Gasteiger partial charge in [0.15, 0.2) is 0 Å². The van der Waals surface area contributed by atoms with Crippen LogP contribution in [0.1, 0.15) is 58.3 Å². The van der Waals surface area contributed by atoms with Crippen molar-refractivity contribution in [2.75, 3.05) is 5.88 Å². The SMILES string of the molecule is CC(CCl)CCC1CCC2(CCCC2)O1. The van der Waals surface area contributed by atoms with Crippen LogP contribution in [0.4, 0.5) is 0 Å². The zero-order valence-corrected chi connectivity index (χ0v) is 10.6. The first-order chi connectivity index (χ1) is 7.24. The van der Waals surface area contributed by atoms with Gasteiger partial charge >= 0.3 is 0 Å². The van der Waals surface area contributed by atoms with E-state index < -0.39 is 0 Å². The Morgan fingerprint density at radius 3 is 2.73 bits per heavy atom. The second-order valence-corrected chi connectivity index (χ2v) is 5.81. The average molecular weight is 231 g/mol. The second kappa shape index (κ2) is 5.05. The highest BCUT2D eigenvalue weighted by molar-refractivity contribution is 6.18. The van der Waals surface area contributed by atoms with Gasteiger partial charge in [0.2, 0.25) is 0 Å². The van der Waals surface area contributed by atoms with E-state index in [4.69, 9.17) is 16.3 Å². The molecule has 2 aliphatic rings. The standard InChI is InChI=1S/C13H23ClO/c1-11(10-14)4-5-12-6-9-13(15-12)7-2-3-8-13/h11-12H,2-10H2,1H3. The third kappa shape index (κ3) is 2.88. The molecular formula is C13H23ClO. The fraction of sp³-hybridized carbons (Fsp3) is 1.00. The predicted molar refractivity (Wildman–Crippen MR) is 64.4 cm³/mol. The van der Waals surface area contributed by atoms with Crippen LogP contribution < -0.4 is 0 Å².